The largest absolute Gasteiger partial charge is 0.464 e. The quantitative estimate of drug-likeness (QED) is 0.779. The number of aryl methyl sites for hydroxylation is 1. The Hall–Kier alpha value is -1.56. The zero-order valence-corrected chi connectivity index (χ0v) is 11.1. The number of methoxy groups -OCH3 is 1. The summed E-state index contributed by atoms with van der Waals surface area (Å²) in [5.74, 6) is 0.658. The lowest BCUT2D eigenvalue weighted by atomic mass is 10.4. The molecule has 1 heterocycles. The van der Waals surface area contributed by atoms with E-state index in [1.165, 1.54) is 20.0 Å². The van der Waals surface area contributed by atoms with Crippen molar-refractivity contribution in [2.75, 3.05) is 26.4 Å². The molecule has 1 fully saturated rings. The summed E-state index contributed by atoms with van der Waals surface area (Å²) < 4.78 is 6.52. The van der Waals surface area contributed by atoms with Gasteiger partial charge in [0.25, 0.3) is 0 Å². The van der Waals surface area contributed by atoms with Gasteiger partial charge in [-0.2, -0.15) is 0 Å². The Morgan fingerprint density at radius 1 is 1.61 bits per heavy atom. The monoisotopic (exact) mass is 252 g/mol. The van der Waals surface area contributed by atoms with Crippen molar-refractivity contribution in [2.45, 2.75) is 32.4 Å². The number of rotatable bonds is 5. The van der Waals surface area contributed by atoms with Gasteiger partial charge in [0, 0.05) is 19.1 Å². The smallest absolute Gasteiger partial charge is 0.360 e. The summed E-state index contributed by atoms with van der Waals surface area (Å²) in [6.07, 6.45) is 2.56. The number of carbonyl (C=O) groups is 1. The SMILES string of the molecule is COC(=O)c1nc(C)n(CCN(C)C2CC2)c1N. The van der Waals surface area contributed by atoms with Crippen molar-refractivity contribution >= 4 is 11.8 Å². The molecular formula is C12H20N4O2. The zero-order chi connectivity index (χ0) is 13.3. The van der Waals surface area contributed by atoms with Gasteiger partial charge in [-0.3, -0.25) is 0 Å². The van der Waals surface area contributed by atoms with Gasteiger partial charge in [-0.15, -0.1) is 0 Å². The van der Waals surface area contributed by atoms with Crippen LogP contribution in [0.25, 0.3) is 0 Å². The lowest BCUT2D eigenvalue weighted by Gasteiger charge is -2.17. The van der Waals surface area contributed by atoms with E-state index in [0.717, 1.165) is 25.0 Å². The van der Waals surface area contributed by atoms with Crippen LogP contribution in [0, 0.1) is 6.92 Å². The number of hydrogen-bond acceptors (Lipinski definition) is 5. The molecule has 100 valence electrons. The number of hydrogen-bond donors (Lipinski definition) is 1. The lowest BCUT2D eigenvalue weighted by Crippen LogP contribution is -2.26. The first-order valence-electron chi connectivity index (χ1n) is 6.15. The van der Waals surface area contributed by atoms with Crippen LogP contribution in [0.15, 0.2) is 0 Å². The van der Waals surface area contributed by atoms with Crippen molar-refractivity contribution in [1.82, 2.24) is 14.5 Å². The van der Waals surface area contributed by atoms with Crippen LogP contribution in [-0.4, -0.2) is 47.2 Å². The number of aromatic nitrogens is 2. The highest BCUT2D eigenvalue weighted by atomic mass is 16.5. The fraction of sp³-hybridized carbons (Fsp3) is 0.667. The van der Waals surface area contributed by atoms with Crippen LogP contribution in [0.4, 0.5) is 5.82 Å². The molecule has 1 aromatic rings. The Labute approximate surface area is 107 Å². The predicted octanol–water partition coefficient (Wildman–Crippen LogP) is 0.655. The van der Waals surface area contributed by atoms with Crippen LogP contribution >= 0.6 is 0 Å². The number of anilines is 1. The second-order valence-corrected chi connectivity index (χ2v) is 4.75. The van der Waals surface area contributed by atoms with Gasteiger partial charge in [0.05, 0.1) is 7.11 Å². The molecule has 6 heteroatoms. The highest BCUT2D eigenvalue weighted by Gasteiger charge is 2.26. The van der Waals surface area contributed by atoms with Crippen LogP contribution in [0.2, 0.25) is 0 Å². The molecule has 1 saturated carbocycles. The summed E-state index contributed by atoms with van der Waals surface area (Å²) in [5.41, 5.74) is 6.15. The number of nitrogen functional groups attached to an aromatic ring is 1. The third-order valence-electron chi connectivity index (χ3n) is 3.42. The molecule has 0 amide bonds. The van der Waals surface area contributed by atoms with E-state index in [2.05, 4.69) is 21.7 Å². The highest BCUT2D eigenvalue weighted by molar-refractivity contribution is 5.92. The van der Waals surface area contributed by atoms with E-state index in [0.29, 0.717) is 5.82 Å². The van der Waals surface area contributed by atoms with Gasteiger partial charge in [0.1, 0.15) is 11.6 Å². The van der Waals surface area contributed by atoms with Gasteiger partial charge in [-0.25, -0.2) is 9.78 Å². The molecule has 1 aliphatic rings. The van der Waals surface area contributed by atoms with Gasteiger partial charge in [-0.05, 0) is 26.8 Å². The molecule has 1 aromatic heterocycles. The molecule has 2 rings (SSSR count). The first-order chi connectivity index (χ1) is 8.54. The molecule has 0 spiro atoms. The van der Waals surface area contributed by atoms with Crippen molar-refractivity contribution in [3.8, 4) is 0 Å². The van der Waals surface area contributed by atoms with E-state index in [4.69, 9.17) is 5.73 Å². The van der Waals surface area contributed by atoms with E-state index in [1.54, 1.807) is 0 Å². The van der Waals surface area contributed by atoms with Crippen LogP contribution in [0.3, 0.4) is 0 Å². The van der Waals surface area contributed by atoms with Crippen LogP contribution < -0.4 is 5.73 Å². The molecular weight excluding hydrogens is 232 g/mol. The maximum absolute atomic E-state index is 11.5. The fourth-order valence-corrected chi connectivity index (χ4v) is 2.07. The van der Waals surface area contributed by atoms with E-state index < -0.39 is 5.97 Å². The van der Waals surface area contributed by atoms with Gasteiger partial charge >= 0.3 is 5.97 Å². The number of imidazole rings is 1. The number of likely N-dealkylation sites (N-methyl/N-ethyl adjacent to an activating group) is 1. The van der Waals surface area contributed by atoms with Gasteiger partial charge in [-0.1, -0.05) is 0 Å². The molecule has 0 radical (unpaired) electrons. The molecule has 6 nitrogen and oxygen atoms in total. The average molecular weight is 252 g/mol. The minimum Gasteiger partial charge on any atom is -0.464 e. The number of nitrogens with zero attached hydrogens (tertiary/aromatic N) is 3. The minimum atomic E-state index is -0.482. The summed E-state index contributed by atoms with van der Waals surface area (Å²) in [7, 11) is 3.44. The Morgan fingerprint density at radius 3 is 2.83 bits per heavy atom. The number of esters is 1. The average Bonchev–Trinajstić information content (AvgIpc) is 3.15. The maximum atomic E-state index is 11.5. The summed E-state index contributed by atoms with van der Waals surface area (Å²) in [4.78, 5) is 17.9. The summed E-state index contributed by atoms with van der Waals surface area (Å²) in [6.45, 7) is 3.50. The van der Waals surface area contributed by atoms with E-state index in [9.17, 15) is 4.79 Å². The molecule has 2 N–H and O–H groups in total. The third kappa shape index (κ3) is 2.48. The predicted molar refractivity (Wildman–Crippen MR) is 68.4 cm³/mol. The Morgan fingerprint density at radius 2 is 2.28 bits per heavy atom. The highest BCUT2D eigenvalue weighted by Crippen LogP contribution is 2.25. The van der Waals surface area contributed by atoms with Crippen LogP contribution in [0.1, 0.15) is 29.2 Å². The molecule has 0 bridgehead atoms. The Balaban J connectivity index is 2.07. The van der Waals surface area contributed by atoms with E-state index in [1.807, 2.05) is 11.5 Å². The summed E-state index contributed by atoms with van der Waals surface area (Å²) in [6, 6.07) is 0.718. The van der Waals surface area contributed by atoms with Crippen molar-refractivity contribution in [1.29, 1.82) is 0 Å². The van der Waals surface area contributed by atoms with Crippen molar-refractivity contribution in [3.05, 3.63) is 11.5 Å². The van der Waals surface area contributed by atoms with Gasteiger partial charge < -0.3 is 19.9 Å². The van der Waals surface area contributed by atoms with Gasteiger partial charge in [0.15, 0.2) is 5.69 Å². The fourth-order valence-electron chi connectivity index (χ4n) is 2.07. The lowest BCUT2D eigenvalue weighted by molar-refractivity contribution is 0.0595. The number of ether oxygens (including phenoxy) is 1. The molecule has 0 aliphatic heterocycles. The second-order valence-electron chi connectivity index (χ2n) is 4.75. The molecule has 0 atom stereocenters. The number of nitrogens with two attached hydrogens (primary N) is 1. The molecule has 18 heavy (non-hydrogen) atoms. The van der Waals surface area contributed by atoms with Crippen molar-refractivity contribution < 1.29 is 9.53 Å². The molecule has 1 aliphatic carbocycles. The van der Waals surface area contributed by atoms with Crippen molar-refractivity contribution in [3.63, 3.8) is 0 Å². The zero-order valence-electron chi connectivity index (χ0n) is 11.1. The van der Waals surface area contributed by atoms with E-state index >= 15 is 0 Å². The van der Waals surface area contributed by atoms with Crippen LogP contribution in [-0.2, 0) is 11.3 Å². The topological polar surface area (TPSA) is 73.4 Å². The standard InChI is InChI=1S/C12H20N4O2/c1-8-14-10(12(17)18-3)11(13)16(8)7-6-15(2)9-4-5-9/h9H,4-7,13H2,1-3H3. The second kappa shape index (κ2) is 4.97. The minimum absolute atomic E-state index is 0.212. The Bertz CT molecular complexity index is 451. The maximum Gasteiger partial charge on any atom is 0.360 e. The first-order valence-corrected chi connectivity index (χ1v) is 6.15. The third-order valence-corrected chi connectivity index (χ3v) is 3.42. The normalized spacial score (nSPS) is 15.1. The Kier molecular flexibility index (Phi) is 3.56. The van der Waals surface area contributed by atoms with Gasteiger partial charge in [0.2, 0.25) is 0 Å². The van der Waals surface area contributed by atoms with E-state index in [-0.39, 0.29) is 5.69 Å². The summed E-state index contributed by atoms with van der Waals surface area (Å²) >= 11 is 0. The molecule has 0 saturated heterocycles. The molecule has 0 aromatic carbocycles. The summed E-state index contributed by atoms with van der Waals surface area (Å²) in [5, 5.41) is 0. The van der Waals surface area contributed by atoms with Crippen molar-refractivity contribution in [2.24, 2.45) is 0 Å². The number of carbonyl (C=O) groups excluding carboxylic acids is 1. The van der Waals surface area contributed by atoms with Crippen LogP contribution in [0.5, 0.6) is 0 Å². The first kappa shape index (κ1) is 12.9. The molecule has 0 unspecified atom stereocenters.